The maximum atomic E-state index is 6.61. The molecule has 0 N–H and O–H groups in total. The van der Waals surface area contributed by atoms with Crippen molar-refractivity contribution in [2.75, 3.05) is 4.90 Å². The van der Waals surface area contributed by atoms with Crippen molar-refractivity contribution in [2.45, 2.75) is 24.7 Å². The summed E-state index contributed by atoms with van der Waals surface area (Å²) in [4.78, 5) is 2.46. The van der Waals surface area contributed by atoms with Gasteiger partial charge in [0, 0.05) is 59.5 Å². The molecule has 1 unspecified atom stereocenters. The van der Waals surface area contributed by atoms with Gasteiger partial charge in [-0.3, -0.25) is 0 Å². The van der Waals surface area contributed by atoms with E-state index in [2.05, 4.69) is 225 Å². The van der Waals surface area contributed by atoms with E-state index in [1.165, 1.54) is 98.1 Å². The van der Waals surface area contributed by atoms with Gasteiger partial charge in [-0.05, 0) is 139 Å². The summed E-state index contributed by atoms with van der Waals surface area (Å²) < 4.78 is 9.25. The van der Waals surface area contributed by atoms with Gasteiger partial charge in [0.25, 0.3) is 0 Å². The molecule has 2 nitrogen and oxygen atoms in total. The highest BCUT2D eigenvalue weighted by Crippen LogP contribution is 2.63. The molecule has 0 aliphatic heterocycles. The molecule has 15 rings (SSSR count). The highest BCUT2D eigenvalue weighted by molar-refractivity contribution is 7.25. The van der Waals surface area contributed by atoms with Gasteiger partial charge in [-0.25, -0.2) is 0 Å². The Morgan fingerprint density at radius 3 is 1.64 bits per heavy atom. The molecule has 2 heterocycles. The molecule has 1 spiro atoms. The molecule has 1 atom stereocenters. The number of hydrogen-bond donors (Lipinski definition) is 0. The highest BCUT2D eigenvalue weighted by atomic mass is 32.1. The Hall–Kier alpha value is -7.98. The lowest BCUT2D eigenvalue weighted by Gasteiger charge is -2.36. The molecule has 3 aliphatic carbocycles. The van der Waals surface area contributed by atoms with E-state index >= 15 is 0 Å². The van der Waals surface area contributed by atoms with Gasteiger partial charge in [0.05, 0.1) is 5.41 Å². The summed E-state index contributed by atoms with van der Waals surface area (Å²) in [5.41, 5.74) is 22.4. The number of nitrogens with zero attached hydrogens (tertiary/aromatic N) is 1. The Balaban J connectivity index is 1.03. The number of para-hydroxylation sites is 1. The van der Waals surface area contributed by atoms with Crippen molar-refractivity contribution in [2.24, 2.45) is 0 Å². The fraction of sp³-hybridized carbons (Fsp3) is 0.0625. The third kappa shape index (κ3) is 4.89. The first-order chi connectivity index (χ1) is 33.0. The normalized spacial score (nSPS) is 15.8. The van der Waals surface area contributed by atoms with Crippen LogP contribution in [0.4, 0.5) is 17.1 Å². The Morgan fingerprint density at radius 1 is 0.328 bits per heavy atom. The molecule has 0 amide bonds. The van der Waals surface area contributed by atoms with E-state index in [0.717, 1.165) is 39.0 Å². The second kappa shape index (κ2) is 13.3. The third-order valence-corrected chi connectivity index (χ3v) is 16.6. The lowest BCUT2D eigenvalue weighted by molar-refractivity contribution is 0.660. The number of anilines is 3. The molecular weight excluding hydrogens is 831 g/mol. The molecule has 3 aliphatic rings. The molecule has 0 fully saturated rings. The van der Waals surface area contributed by atoms with Crippen LogP contribution in [0.2, 0.25) is 0 Å². The fourth-order valence-electron chi connectivity index (χ4n) is 12.6. The molecule has 0 radical (unpaired) electrons. The Kier molecular flexibility index (Phi) is 7.41. The molecule has 3 heteroatoms. The summed E-state index contributed by atoms with van der Waals surface area (Å²) in [5, 5.41) is 4.88. The first-order valence-electron chi connectivity index (χ1n) is 23.3. The van der Waals surface area contributed by atoms with Crippen LogP contribution in [0, 0.1) is 0 Å². The second-order valence-corrected chi connectivity index (χ2v) is 20.2. The van der Waals surface area contributed by atoms with Crippen molar-refractivity contribution in [1.82, 2.24) is 0 Å². The molecule has 0 bridgehead atoms. The fourth-order valence-corrected chi connectivity index (χ4v) is 13.7. The van der Waals surface area contributed by atoms with Gasteiger partial charge < -0.3 is 9.32 Å². The average molecular weight is 872 g/mol. The van der Waals surface area contributed by atoms with Gasteiger partial charge >= 0.3 is 0 Å². The minimum absolute atomic E-state index is 0.163. The first-order valence-corrected chi connectivity index (χ1v) is 24.1. The monoisotopic (exact) mass is 871 g/mol. The van der Waals surface area contributed by atoms with Crippen LogP contribution in [0.3, 0.4) is 0 Å². The quantitative estimate of drug-likeness (QED) is 0.176. The van der Waals surface area contributed by atoms with Crippen molar-refractivity contribution in [3.63, 3.8) is 0 Å². The van der Waals surface area contributed by atoms with Crippen LogP contribution >= 0.6 is 11.3 Å². The SMILES string of the molecule is CC1(C)c2ccccc2-c2ccc(N(c3ccc4c(c3)-c3ccccc3-c3ccccc3C43c4ccccc4-c4cc5sc6ccccc6c5cc43)c3ccc4c(c3)oc3ccccc34)cc21. The van der Waals surface area contributed by atoms with E-state index in [-0.39, 0.29) is 5.41 Å². The topological polar surface area (TPSA) is 16.4 Å². The zero-order valence-electron chi connectivity index (χ0n) is 37.0. The largest absolute Gasteiger partial charge is 0.456 e. The summed E-state index contributed by atoms with van der Waals surface area (Å²) in [7, 11) is 0. The predicted molar refractivity (Wildman–Crippen MR) is 281 cm³/mol. The molecule has 10 aromatic carbocycles. The van der Waals surface area contributed by atoms with Gasteiger partial charge in [0.2, 0.25) is 0 Å². The van der Waals surface area contributed by atoms with Crippen LogP contribution < -0.4 is 4.90 Å². The second-order valence-electron chi connectivity index (χ2n) is 19.1. The Morgan fingerprint density at radius 2 is 0.851 bits per heavy atom. The summed E-state index contributed by atoms with van der Waals surface area (Å²) in [5.74, 6) is 0. The minimum Gasteiger partial charge on any atom is -0.456 e. The Bertz CT molecular complexity index is 4110. The van der Waals surface area contributed by atoms with Gasteiger partial charge in [-0.2, -0.15) is 0 Å². The van der Waals surface area contributed by atoms with E-state index in [1.807, 2.05) is 17.4 Å². The number of rotatable bonds is 3. The van der Waals surface area contributed by atoms with Crippen molar-refractivity contribution in [3.05, 3.63) is 246 Å². The van der Waals surface area contributed by atoms with Crippen molar-refractivity contribution < 1.29 is 4.42 Å². The number of thiophene rings is 1. The van der Waals surface area contributed by atoms with Crippen LogP contribution in [0.25, 0.3) is 86.6 Å². The van der Waals surface area contributed by atoms with Crippen LogP contribution in [-0.2, 0) is 10.8 Å². The van der Waals surface area contributed by atoms with Gasteiger partial charge in [0.15, 0.2) is 0 Å². The van der Waals surface area contributed by atoms with Crippen molar-refractivity contribution in [3.8, 4) is 44.5 Å². The number of benzene rings is 10. The van der Waals surface area contributed by atoms with Gasteiger partial charge in [-0.1, -0.05) is 159 Å². The summed E-state index contributed by atoms with van der Waals surface area (Å²) in [6.45, 7) is 4.74. The summed E-state index contributed by atoms with van der Waals surface area (Å²) in [6, 6.07) is 79.9. The van der Waals surface area contributed by atoms with Crippen LogP contribution in [0.15, 0.2) is 217 Å². The smallest absolute Gasteiger partial charge is 0.137 e. The van der Waals surface area contributed by atoms with Gasteiger partial charge in [0.1, 0.15) is 11.2 Å². The zero-order chi connectivity index (χ0) is 44.2. The lowest BCUT2D eigenvalue weighted by Crippen LogP contribution is -2.29. The van der Waals surface area contributed by atoms with Crippen molar-refractivity contribution >= 4 is 70.5 Å². The molecule has 0 saturated carbocycles. The van der Waals surface area contributed by atoms with E-state index in [1.54, 1.807) is 0 Å². The third-order valence-electron chi connectivity index (χ3n) is 15.5. The standard InChI is InChI=1S/C64H41NOS/c1-63(2)53-22-10-5-18-44(53)46-30-27-39(34-57(46)63)65(40-28-31-48-47-20-8-13-25-59(47)66-60(48)35-40)38-29-32-56-50(33-38)42-16-4-3-15-41(42)43-17-6-11-23-54(43)64(56)55-24-12-7-19-45(55)51-37-62-52(36-58(51)64)49-21-9-14-26-61(49)67-62/h3-37H,1-2H3. The maximum Gasteiger partial charge on any atom is 0.137 e. The van der Waals surface area contributed by atoms with Crippen LogP contribution in [0.5, 0.6) is 0 Å². The predicted octanol–water partition coefficient (Wildman–Crippen LogP) is 17.7. The van der Waals surface area contributed by atoms with E-state index in [0.29, 0.717) is 0 Å². The summed E-state index contributed by atoms with van der Waals surface area (Å²) >= 11 is 1.90. The number of hydrogen-bond acceptors (Lipinski definition) is 3. The maximum absolute atomic E-state index is 6.61. The van der Waals surface area contributed by atoms with E-state index < -0.39 is 5.41 Å². The molecular formula is C64H41NOS. The highest BCUT2D eigenvalue weighted by Gasteiger charge is 2.50. The lowest BCUT2D eigenvalue weighted by atomic mass is 9.65. The number of furan rings is 1. The van der Waals surface area contributed by atoms with Gasteiger partial charge in [-0.15, -0.1) is 11.3 Å². The molecule has 67 heavy (non-hydrogen) atoms. The Labute approximate surface area is 392 Å². The summed E-state index contributed by atoms with van der Waals surface area (Å²) in [6.07, 6.45) is 0. The molecule has 314 valence electrons. The molecule has 0 saturated heterocycles. The minimum atomic E-state index is -0.603. The van der Waals surface area contributed by atoms with E-state index in [9.17, 15) is 0 Å². The molecule has 2 aromatic heterocycles. The first kappa shape index (κ1) is 37.3. The number of fused-ring (bicyclic) bond motifs is 21. The van der Waals surface area contributed by atoms with Crippen molar-refractivity contribution in [1.29, 1.82) is 0 Å². The molecule has 12 aromatic rings. The zero-order valence-corrected chi connectivity index (χ0v) is 37.8. The van der Waals surface area contributed by atoms with E-state index in [4.69, 9.17) is 4.42 Å². The van der Waals surface area contributed by atoms with Crippen LogP contribution in [0.1, 0.15) is 47.2 Å². The van der Waals surface area contributed by atoms with Crippen LogP contribution in [-0.4, -0.2) is 0 Å². The average Bonchev–Trinajstić information content (AvgIpc) is 4.06.